The van der Waals surface area contributed by atoms with Crippen LogP contribution in [-0.4, -0.2) is 33.4 Å². The molecule has 20 heavy (non-hydrogen) atoms. The Labute approximate surface area is 121 Å². The first-order valence-electron chi connectivity index (χ1n) is 7.48. The molecule has 0 bridgehead atoms. The molecule has 112 valence electrons. The first-order valence-corrected chi connectivity index (χ1v) is 7.48. The highest BCUT2D eigenvalue weighted by Crippen LogP contribution is 2.28. The smallest absolute Gasteiger partial charge is 0.129 e. The van der Waals surface area contributed by atoms with Crippen molar-refractivity contribution in [3.63, 3.8) is 0 Å². The van der Waals surface area contributed by atoms with Crippen molar-refractivity contribution >= 4 is 5.69 Å². The first kappa shape index (κ1) is 15.3. The average Bonchev–Trinajstić information content (AvgIpc) is 2.89. The van der Waals surface area contributed by atoms with Crippen molar-refractivity contribution in [2.45, 2.75) is 26.3 Å². The van der Waals surface area contributed by atoms with Crippen molar-refractivity contribution in [2.24, 2.45) is 5.92 Å². The van der Waals surface area contributed by atoms with E-state index in [-0.39, 0.29) is 5.82 Å². The third kappa shape index (κ3) is 3.70. The number of nitrogens with zero attached hydrogens (tertiary/aromatic N) is 1. The summed E-state index contributed by atoms with van der Waals surface area (Å²) in [5.41, 5.74) is 1.83. The molecule has 1 saturated heterocycles. The third-order valence-corrected chi connectivity index (χ3v) is 3.85. The quantitative estimate of drug-likeness (QED) is 0.777. The zero-order valence-corrected chi connectivity index (χ0v) is 12.5. The van der Waals surface area contributed by atoms with E-state index in [4.69, 9.17) is 4.74 Å². The van der Waals surface area contributed by atoms with Crippen LogP contribution in [0.3, 0.4) is 0 Å². The van der Waals surface area contributed by atoms with Gasteiger partial charge in [0.1, 0.15) is 5.82 Å². The number of ether oxygens (including phenoxy) is 1. The Kier molecular flexibility index (Phi) is 5.80. The molecule has 0 aliphatic carbocycles. The normalized spacial score (nSPS) is 18.8. The molecule has 1 unspecified atom stereocenters. The number of hydrogen-bond acceptors (Lipinski definition) is 3. The number of nitrogens with one attached hydrogen (secondary N) is 1. The second-order valence-corrected chi connectivity index (χ2v) is 5.47. The van der Waals surface area contributed by atoms with Crippen LogP contribution in [0.25, 0.3) is 0 Å². The summed E-state index contributed by atoms with van der Waals surface area (Å²) in [6.45, 7) is 6.36. The van der Waals surface area contributed by atoms with Gasteiger partial charge in [0.2, 0.25) is 0 Å². The molecular formula is C16H25FN2O. The summed E-state index contributed by atoms with van der Waals surface area (Å²) >= 11 is 0. The van der Waals surface area contributed by atoms with Gasteiger partial charge in [-0.1, -0.05) is 13.0 Å². The fourth-order valence-corrected chi connectivity index (χ4v) is 2.83. The highest BCUT2D eigenvalue weighted by Gasteiger charge is 2.24. The number of rotatable bonds is 7. The summed E-state index contributed by atoms with van der Waals surface area (Å²) in [7, 11) is 1.74. The number of methoxy groups -OCH3 is 1. The Morgan fingerprint density at radius 1 is 1.45 bits per heavy atom. The largest absolute Gasteiger partial charge is 0.384 e. The predicted molar refractivity (Wildman–Crippen MR) is 80.6 cm³/mol. The molecule has 0 aromatic heterocycles. The first-order chi connectivity index (χ1) is 9.76. The van der Waals surface area contributed by atoms with Crippen molar-refractivity contribution in [3.8, 4) is 0 Å². The fraction of sp³-hybridized carbons (Fsp3) is 0.625. The van der Waals surface area contributed by atoms with Gasteiger partial charge in [-0.05, 0) is 31.5 Å². The lowest BCUT2D eigenvalue weighted by molar-refractivity contribution is 0.161. The standard InChI is InChI=1S/C16H25FN2O/c1-3-8-18-10-14-15(17)5-4-6-16(14)19-9-7-13(11-19)12-20-2/h4-6,13,18H,3,7-12H2,1-2H3. The molecule has 1 aliphatic heterocycles. The number of benzene rings is 1. The lowest BCUT2D eigenvalue weighted by Crippen LogP contribution is -2.24. The second-order valence-electron chi connectivity index (χ2n) is 5.47. The summed E-state index contributed by atoms with van der Waals surface area (Å²) in [4.78, 5) is 2.29. The van der Waals surface area contributed by atoms with Crippen LogP contribution in [0, 0.1) is 11.7 Å². The van der Waals surface area contributed by atoms with Crippen LogP contribution < -0.4 is 10.2 Å². The molecule has 1 aromatic rings. The summed E-state index contributed by atoms with van der Waals surface area (Å²) in [5, 5.41) is 3.30. The lowest BCUT2D eigenvalue weighted by atomic mass is 10.1. The van der Waals surface area contributed by atoms with Gasteiger partial charge in [0, 0.05) is 43.9 Å². The average molecular weight is 280 g/mol. The van der Waals surface area contributed by atoms with E-state index < -0.39 is 0 Å². The van der Waals surface area contributed by atoms with E-state index in [0.717, 1.165) is 50.3 Å². The molecular weight excluding hydrogens is 255 g/mol. The Morgan fingerprint density at radius 3 is 3.05 bits per heavy atom. The predicted octanol–water partition coefficient (Wildman–Crippen LogP) is 2.80. The minimum Gasteiger partial charge on any atom is -0.384 e. The van der Waals surface area contributed by atoms with Crippen molar-refractivity contribution in [3.05, 3.63) is 29.6 Å². The van der Waals surface area contributed by atoms with Gasteiger partial charge >= 0.3 is 0 Å². The highest BCUT2D eigenvalue weighted by atomic mass is 19.1. The molecule has 0 spiro atoms. The number of anilines is 1. The molecule has 1 aromatic carbocycles. The molecule has 4 heteroatoms. The SMILES string of the molecule is CCCNCc1c(F)cccc1N1CCC(COC)C1. The van der Waals surface area contributed by atoms with E-state index in [1.165, 1.54) is 0 Å². The van der Waals surface area contributed by atoms with Crippen LogP contribution in [0.5, 0.6) is 0 Å². The molecule has 2 rings (SSSR count). The van der Waals surface area contributed by atoms with Crippen LogP contribution >= 0.6 is 0 Å². The van der Waals surface area contributed by atoms with Crippen LogP contribution in [0.1, 0.15) is 25.3 Å². The third-order valence-electron chi connectivity index (χ3n) is 3.85. The van der Waals surface area contributed by atoms with Crippen molar-refractivity contribution in [1.29, 1.82) is 0 Å². The summed E-state index contributed by atoms with van der Waals surface area (Å²) in [5.74, 6) is 0.445. The molecule has 0 amide bonds. The lowest BCUT2D eigenvalue weighted by Gasteiger charge is -2.22. The molecule has 1 aliphatic rings. The van der Waals surface area contributed by atoms with E-state index in [9.17, 15) is 4.39 Å². The van der Waals surface area contributed by atoms with Gasteiger partial charge in [-0.25, -0.2) is 4.39 Å². The zero-order chi connectivity index (χ0) is 14.4. The second kappa shape index (κ2) is 7.60. The van der Waals surface area contributed by atoms with Gasteiger partial charge in [0.15, 0.2) is 0 Å². The molecule has 0 saturated carbocycles. The highest BCUT2D eigenvalue weighted by molar-refractivity contribution is 5.55. The van der Waals surface area contributed by atoms with Crippen molar-refractivity contribution < 1.29 is 9.13 Å². The summed E-state index contributed by atoms with van der Waals surface area (Å²) in [6, 6.07) is 5.38. The van der Waals surface area contributed by atoms with Gasteiger partial charge in [-0.15, -0.1) is 0 Å². The zero-order valence-electron chi connectivity index (χ0n) is 12.5. The van der Waals surface area contributed by atoms with Gasteiger partial charge in [-0.3, -0.25) is 0 Å². The minimum atomic E-state index is -0.110. The van der Waals surface area contributed by atoms with Gasteiger partial charge in [0.25, 0.3) is 0 Å². The van der Waals surface area contributed by atoms with E-state index >= 15 is 0 Å². The molecule has 1 heterocycles. The van der Waals surface area contributed by atoms with Gasteiger partial charge < -0.3 is 15.0 Å². The van der Waals surface area contributed by atoms with Crippen LogP contribution in [0.15, 0.2) is 18.2 Å². The molecule has 3 nitrogen and oxygen atoms in total. The Bertz CT molecular complexity index is 425. The Balaban J connectivity index is 2.08. The van der Waals surface area contributed by atoms with Crippen LogP contribution in [-0.2, 0) is 11.3 Å². The van der Waals surface area contributed by atoms with Crippen LogP contribution in [0.4, 0.5) is 10.1 Å². The number of halogens is 1. The fourth-order valence-electron chi connectivity index (χ4n) is 2.83. The summed E-state index contributed by atoms with van der Waals surface area (Å²) < 4.78 is 19.3. The number of hydrogen-bond donors (Lipinski definition) is 1. The Hall–Kier alpha value is -1.13. The van der Waals surface area contributed by atoms with Gasteiger partial charge in [0.05, 0.1) is 6.61 Å². The molecule has 0 radical (unpaired) electrons. The summed E-state index contributed by atoms with van der Waals surface area (Å²) in [6.07, 6.45) is 2.18. The van der Waals surface area contributed by atoms with Gasteiger partial charge in [-0.2, -0.15) is 0 Å². The van der Waals surface area contributed by atoms with Crippen molar-refractivity contribution in [1.82, 2.24) is 5.32 Å². The van der Waals surface area contributed by atoms with E-state index in [1.54, 1.807) is 19.2 Å². The maximum atomic E-state index is 14.1. The van der Waals surface area contributed by atoms with Crippen molar-refractivity contribution in [2.75, 3.05) is 38.3 Å². The molecule has 1 N–H and O–H groups in total. The Morgan fingerprint density at radius 2 is 2.30 bits per heavy atom. The van der Waals surface area contributed by atoms with E-state index in [1.807, 2.05) is 6.07 Å². The van der Waals surface area contributed by atoms with Crippen LogP contribution in [0.2, 0.25) is 0 Å². The van der Waals surface area contributed by atoms with E-state index in [2.05, 4.69) is 17.1 Å². The maximum Gasteiger partial charge on any atom is 0.129 e. The van der Waals surface area contributed by atoms with E-state index in [0.29, 0.717) is 12.5 Å². The monoisotopic (exact) mass is 280 g/mol. The molecule has 1 atom stereocenters. The maximum absolute atomic E-state index is 14.1. The minimum absolute atomic E-state index is 0.110. The molecule has 1 fully saturated rings. The topological polar surface area (TPSA) is 24.5 Å².